The molecule has 2 aromatic carbocycles. The molecule has 0 bridgehead atoms. The third-order valence-electron chi connectivity index (χ3n) is 3.70. The second kappa shape index (κ2) is 7.46. The number of hydrogen-bond donors (Lipinski definition) is 1. The van der Waals surface area contributed by atoms with Crippen molar-refractivity contribution in [3.63, 3.8) is 0 Å². The molecular formula is C19H19NO3. The number of carboxylic acid groups (broad SMARTS) is 1. The number of benzene rings is 2. The van der Waals surface area contributed by atoms with Crippen LogP contribution in [0.1, 0.15) is 35.6 Å². The fourth-order valence-corrected chi connectivity index (χ4v) is 2.44. The predicted molar refractivity (Wildman–Crippen MR) is 87.7 cm³/mol. The highest BCUT2D eigenvalue weighted by molar-refractivity contribution is 5.67. The number of ether oxygens (including phenoxy) is 1. The number of aliphatic carboxylic acids is 1. The number of nitrogens with zero attached hydrogens (tertiary/aromatic N) is 1. The summed E-state index contributed by atoms with van der Waals surface area (Å²) in [5, 5.41) is 17.7. The Hall–Kier alpha value is -2.80. The monoisotopic (exact) mass is 309 g/mol. The normalized spacial score (nSPS) is 10.1. The van der Waals surface area contributed by atoms with Crippen LogP contribution in [0.5, 0.6) is 11.5 Å². The van der Waals surface area contributed by atoms with Crippen LogP contribution < -0.4 is 4.74 Å². The van der Waals surface area contributed by atoms with E-state index in [2.05, 4.69) is 6.07 Å². The Morgan fingerprint density at radius 1 is 1.22 bits per heavy atom. The van der Waals surface area contributed by atoms with Crippen LogP contribution in [0.2, 0.25) is 0 Å². The summed E-state index contributed by atoms with van der Waals surface area (Å²) >= 11 is 0. The van der Waals surface area contributed by atoms with E-state index in [9.17, 15) is 4.79 Å². The quantitative estimate of drug-likeness (QED) is 0.866. The zero-order valence-corrected chi connectivity index (χ0v) is 13.3. The molecule has 4 nitrogen and oxygen atoms in total. The highest BCUT2D eigenvalue weighted by Crippen LogP contribution is 2.28. The molecule has 0 saturated carbocycles. The number of nitriles is 1. The third-order valence-corrected chi connectivity index (χ3v) is 3.70. The summed E-state index contributed by atoms with van der Waals surface area (Å²) in [7, 11) is 0. The largest absolute Gasteiger partial charge is 0.481 e. The Morgan fingerprint density at radius 2 is 2.00 bits per heavy atom. The Bertz CT molecular complexity index is 760. The van der Waals surface area contributed by atoms with E-state index in [1.807, 2.05) is 32.0 Å². The molecule has 0 aliphatic carbocycles. The van der Waals surface area contributed by atoms with Gasteiger partial charge in [-0.05, 0) is 66.8 Å². The van der Waals surface area contributed by atoms with Gasteiger partial charge in [-0.15, -0.1) is 0 Å². The molecule has 0 fully saturated rings. The lowest BCUT2D eigenvalue weighted by atomic mass is 10.0. The van der Waals surface area contributed by atoms with E-state index >= 15 is 0 Å². The first-order chi connectivity index (χ1) is 11.0. The van der Waals surface area contributed by atoms with Gasteiger partial charge in [0.15, 0.2) is 0 Å². The number of hydrogen-bond acceptors (Lipinski definition) is 3. The molecule has 0 aromatic heterocycles. The Morgan fingerprint density at radius 3 is 2.61 bits per heavy atom. The highest BCUT2D eigenvalue weighted by Gasteiger charge is 2.08. The highest BCUT2D eigenvalue weighted by atomic mass is 16.5. The summed E-state index contributed by atoms with van der Waals surface area (Å²) in [5.41, 5.74) is 3.64. The van der Waals surface area contributed by atoms with E-state index in [0.717, 1.165) is 23.1 Å². The van der Waals surface area contributed by atoms with Crippen molar-refractivity contribution in [3.05, 3.63) is 58.7 Å². The molecule has 0 saturated heterocycles. The average Bonchev–Trinajstić information content (AvgIpc) is 2.55. The van der Waals surface area contributed by atoms with Gasteiger partial charge in [0.1, 0.15) is 11.5 Å². The Labute approximate surface area is 136 Å². The topological polar surface area (TPSA) is 70.3 Å². The van der Waals surface area contributed by atoms with Gasteiger partial charge in [0.25, 0.3) is 0 Å². The summed E-state index contributed by atoms with van der Waals surface area (Å²) in [4.78, 5) is 10.7. The second-order valence-corrected chi connectivity index (χ2v) is 5.37. The molecule has 4 heteroatoms. The number of carbonyl (C=O) groups is 1. The summed E-state index contributed by atoms with van der Waals surface area (Å²) in [6, 6.07) is 13.1. The lowest BCUT2D eigenvalue weighted by Crippen LogP contribution is -2.00. The summed E-state index contributed by atoms with van der Waals surface area (Å²) in [5.74, 6) is 0.638. The maximum Gasteiger partial charge on any atom is 0.303 e. The van der Waals surface area contributed by atoms with E-state index in [1.54, 1.807) is 18.2 Å². The van der Waals surface area contributed by atoms with Gasteiger partial charge in [0, 0.05) is 6.42 Å². The van der Waals surface area contributed by atoms with Crippen molar-refractivity contribution < 1.29 is 14.6 Å². The van der Waals surface area contributed by atoms with Crippen molar-refractivity contribution >= 4 is 5.97 Å². The number of carboxylic acids is 1. The van der Waals surface area contributed by atoms with Crippen molar-refractivity contribution in [1.29, 1.82) is 5.26 Å². The van der Waals surface area contributed by atoms with Gasteiger partial charge >= 0.3 is 5.97 Å². The summed E-state index contributed by atoms with van der Waals surface area (Å²) in [6.07, 6.45) is 1.47. The van der Waals surface area contributed by atoms with Crippen molar-refractivity contribution in [2.24, 2.45) is 0 Å². The van der Waals surface area contributed by atoms with E-state index in [-0.39, 0.29) is 6.42 Å². The molecule has 0 unspecified atom stereocenters. The minimum atomic E-state index is -0.791. The van der Waals surface area contributed by atoms with Crippen molar-refractivity contribution in [2.75, 3.05) is 0 Å². The van der Waals surface area contributed by atoms with Gasteiger partial charge < -0.3 is 9.84 Å². The first-order valence-corrected chi connectivity index (χ1v) is 7.55. The van der Waals surface area contributed by atoms with Gasteiger partial charge in [0.2, 0.25) is 0 Å². The molecule has 0 heterocycles. The van der Waals surface area contributed by atoms with Crippen LogP contribution in [0.4, 0.5) is 0 Å². The van der Waals surface area contributed by atoms with Crippen LogP contribution in [0.25, 0.3) is 0 Å². The minimum Gasteiger partial charge on any atom is -0.481 e. The number of aryl methyl sites for hydroxylation is 3. The summed E-state index contributed by atoms with van der Waals surface area (Å²) in [6.45, 7) is 3.94. The summed E-state index contributed by atoms with van der Waals surface area (Å²) < 4.78 is 5.91. The molecule has 0 aliphatic heterocycles. The molecule has 2 rings (SSSR count). The fourth-order valence-electron chi connectivity index (χ4n) is 2.44. The second-order valence-electron chi connectivity index (χ2n) is 5.37. The molecule has 0 aliphatic rings. The molecule has 118 valence electrons. The van der Waals surface area contributed by atoms with E-state index < -0.39 is 5.97 Å². The molecule has 0 amide bonds. The van der Waals surface area contributed by atoms with Crippen LogP contribution in [0, 0.1) is 18.3 Å². The van der Waals surface area contributed by atoms with Crippen LogP contribution in [0.3, 0.4) is 0 Å². The standard InChI is InChI=1S/C19H19NO3/c1-3-15-11-17(7-5-16(15)6-9-19(21)22)23-18-8-4-14(12-20)10-13(18)2/h4-5,7-8,10-11H,3,6,9H2,1-2H3,(H,21,22). The minimum absolute atomic E-state index is 0.127. The molecule has 2 aromatic rings. The smallest absolute Gasteiger partial charge is 0.303 e. The Kier molecular flexibility index (Phi) is 5.37. The van der Waals surface area contributed by atoms with E-state index in [0.29, 0.717) is 23.5 Å². The van der Waals surface area contributed by atoms with Crippen LogP contribution in [-0.4, -0.2) is 11.1 Å². The fraction of sp³-hybridized carbons (Fsp3) is 0.263. The lowest BCUT2D eigenvalue weighted by Gasteiger charge is -2.12. The molecule has 0 spiro atoms. The first-order valence-electron chi connectivity index (χ1n) is 7.55. The van der Waals surface area contributed by atoms with Crippen molar-refractivity contribution in [2.45, 2.75) is 33.1 Å². The predicted octanol–water partition coefficient (Wildman–Crippen LogP) is 4.24. The maximum atomic E-state index is 10.7. The van der Waals surface area contributed by atoms with E-state index in [4.69, 9.17) is 15.1 Å². The lowest BCUT2D eigenvalue weighted by molar-refractivity contribution is -0.136. The van der Waals surface area contributed by atoms with Crippen molar-refractivity contribution in [3.8, 4) is 17.6 Å². The van der Waals surface area contributed by atoms with Gasteiger partial charge in [-0.1, -0.05) is 13.0 Å². The van der Waals surface area contributed by atoms with Crippen LogP contribution >= 0.6 is 0 Å². The molecular weight excluding hydrogens is 290 g/mol. The average molecular weight is 309 g/mol. The maximum absolute atomic E-state index is 10.7. The van der Waals surface area contributed by atoms with Crippen LogP contribution in [-0.2, 0) is 17.6 Å². The third kappa shape index (κ3) is 4.33. The SMILES string of the molecule is CCc1cc(Oc2ccc(C#N)cc2C)ccc1CCC(=O)O. The zero-order chi connectivity index (χ0) is 16.8. The molecule has 23 heavy (non-hydrogen) atoms. The molecule has 0 atom stereocenters. The first kappa shape index (κ1) is 16.6. The number of rotatable bonds is 6. The van der Waals surface area contributed by atoms with E-state index in [1.165, 1.54) is 0 Å². The molecule has 1 N–H and O–H groups in total. The van der Waals surface area contributed by atoms with Gasteiger partial charge in [-0.3, -0.25) is 4.79 Å². The Balaban J connectivity index is 2.21. The van der Waals surface area contributed by atoms with Gasteiger partial charge in [-0.25, -0.2) is 0 Å². The van der Waals surface area contributed by atoms with Gasteiger partial charge in [-0.2, -0.15) is 5.26 Å². The molecule has 0 radical (unpaired) electrons. The van der Waals surface area contributed by atoms with Gasteiger partial charge in [0.05, 0.1) is 11.6 Å². The van der Waals surface area contributed by atoms with Crippen LogP contribution in [0.15, 0.2) is 36.4 Å². The zero-order valence-electron chi connectivity index (χ0n) is 13.3. The van der Waals surface area contributed by atoms with Crippen molar-refractivity contribution in [1.82, 2.24) is 0 Å².